The predicted molar refractivity (Wildman–Crippen MR) is 108 cm³/mol. The number of rotatable bonds is 6. The number of methoxy groups -OCH3 is 3. The molecule has 0 aliphatic rings. The van der Waals surface area contributed by atoms with Crippen LogP contribution in [-0.2, 0) is 13.0 Å². The molecule has 0 spiro atoms. The zero-order valence-electron chi connectivity index (χ0n) is 16.0. The van der Waals surface area contributed by atoms with Crippen molar-refractivity contribution in [2.45, 2.75) is 13.0 Å². The highest BCUT2D eigenvalue weighted by Gasteiger charge is 2.15. The molecule has 0 fully saturated rings. The van der Waals surface area contributed by atoms with E-state index in [1.54, 1.807) is 32.2 Å². The van der Waals surface area contributed by atoms with Gasteiger partial charge >= 0.3 is 0 Å². The van der Waals surface area contributed by atoms with Gasteiger partial charge in [-0.3, -0.25) is 9.36 Å². The molecule has 0 bridgehead atoms. The Kier molecular flexibility index (Phi) is 4.65. The number of para-hydroxylation sites is 1. The van der Waals surface area contributed by atoms with Gasteiger partial charge < -0.3 is 19.2 Å². The lowest BCUT2D eigenvalue weighted by atomic mass is 10.1. The second-order valence-electron chi connectivity index (χ2n) is 6.41. The third-order valence-corrected chi connectivity index (χ3v) is 4.89. The number of hydrogen-bond acceptors (Lipinski definition) is 5. The van der Waals surface area contributed by atoms with Crippen LogP contribution in [0.5, 0.6) is 17.2 Å². The average Bonchev–Trinajstić information content (AvgIpc) is 3.10. The molecular weight excluding hydrogens is 358 g/mol. The molecule has 2 aromatic heterocycles. The molecule has 0 saturated carbocycles. The van der Waals surface area contributed by atoms with Crippen LogP contribution < -0.4 is 19.8 Å². The molecule has 0 radical (unpaired) electrons. The molecule has 28 heavy (non-hydrogen) atoms. The Morgan fingerprint density at radius 2 is 1.71 bits per heavy atom. The number of aromatic nitrogens is 3. The van der Waals surface area contributed by atoms with Gasteiger partial charge in [0.25, 0.3) is 5.56 Å². The van der Waals surface area contributed by atoms with Crippen molar-refractivity contribution in [1.82, 2.24) is 14.5 Å². The molecule has 0 saturated heterocycles. The zero-order valence-corrected chi connectivity index (χ0v) is 16.0. The minimum atomic E-state index is -0.117. The Labute approximate surface area is 161 Å². The Hall–Kier alpha value is -3.48. The van der Waals surface area contributed by atoms with Crippen LogP contribution in [0.15, 0.2) is 47.5 Å². The maximum atomic E-state index is 13.0. The average molecular weight is 379 g/mol. The summed E-state index contributed by atoms with van der Waals surface area (Å²) < 4.78 is 17.7. The molecule has 0 aliphatic carbocycles. The van der Waals surface area contributed by atoms with E-state index in [9.17, 15) is 4.79 Å². The van der Waals surface area contributed by atoms with Crippen LogP contribution in [0.1, 0.15) is 5.56 Å². The Bertz CT molecular complexity index is 1210. The van der Waals surface area contributed by atoms with Crippen LogP contribution >= 0.6 is 0 Å². The SMILES string of the molecule is COc1ccccc1CCn1cnc2c([nH]c3cc(OC)c(OC)cc32)c1=O. The van der Waals surface area contributed by atoms with E-state index in [1.165, 1.54) is 0 Å². The van der Waals surface area contributed by atoms with Crippen molar-refractivity contribution in [3.63, 3.8) is 0 Å². The molecule has 0 unspecified atom stereocenters. The second-order valence-corrected chi connectivity index (χ2v) is 6.41. The van der Waals surface area contributed by atoms with E-state index in [0.717, 1.165) is 22.2 Å². The van der Waals surface area contributed by atoms with Crippen molar-refractivity contribution in [2.75, 3.05) is 21.3 Å². The van der Waals surface area contributed by atoms with Crippen LogP contribution in [0.25, 0.3) is 21.9 Å². The lowest BCUT2D eigenvalue weighted by molar-refractivity contribution is 0.356. The number of H-pyrrole nitrogens is 1. The van der Waals surface area contributed by atoms with Crippen LogP contribution in [0, 0.1) is 0 Å². The standard InChI is InChI=1S/C21H21N3O4/c1-26-16-7-5-4-6-13(16)8-9-24-12-22-19-14-10-17(27-2)18(28-3)11-15(14)23-20(19)21(24)25/h4-7,10-12,23H,8-9H2,1-3H3. The Morgan fingerprint density at radius 1 is 1.00 bits per heavy atom. The summed E-state index contributed by atoms with van der Waals surface area (Å²) in [5.74, 6) is 2.01. The first kappa shape index (κ1) is 17.9. The van der Waals surface area contributed by atoms with E-state index in [0.29, 0.717) is 35.5 Å². The van der Waals surface area contributed by atoms with E-state index in [2.05, 4.69) is 9.97 Å². The summed E-state index contributed by atoms with van der Waals surface area (Å²) in [5, 5.41) is 0.821. The first-order chi connectivity index (χ1) is 13.7. The van der Waals surface area contributed by atoms with Crippen molar-refractivity contribution in [3.05, 3.63) is 58.6 Å². The number of nitrogens with zero attached hydrogens (tertiary/aromatic N) is 2. The molecule has 4 aromatic rings. The molecule has 4 rings (SSSR count). The van der Waals surface area contributed by atoms with Gasteiger partial charge in [-0.2, -0.15) is 0 Å². The van der Waals surface area contributed by atoms with E-state index < -0.39 is 0 Å². The van der Waals surface area contributed by atoms with Gasteiger partial charge in [-0.15, -0.1) is 0 Å². The highest BCUT2D eigenvalue weighted by Crippen LogP contribution is 2.34. The van der Waals surface area contributed by atoms with E-state index in [-0.39, 0.29) is 5.56 Å². The number of aromatic amines is 1. The maximum Gasteiger partial charge on any atom is 0.277 e. The lowest BCUT2D eigenvalue weighted by Gasteiger charge is -2.09. The van der Waals surface area contributed by atoms with Crippen molar-refractivity contribution in [2.24, 2.45) is 0 Å². The summed E-state index contributed by atoms with van der Waals surface area (Å²) in [5.41, 5.74) is 2.79. The van der Waals surface area contributed by atoms with E-state index in [1.807, 2.05) is 36.4 Å². The fourth-order valence-electron chi connectivity index (χ4n) is 3.43. The van der Waals surface area contributed by atoms with Crippen LogP contribution in [0.3, 0.4) is 0 Å². The molecule has 0 atom stereocenters. The topological polar surface area (TPSA) is 78.4 Å². The van der Waals surface area contributed by atoms with Gasteiger partial charge in [0.15, 0.2) is 11.5 Å². The number of ether oxygens (including phenoxy) is 3. The normalized spacial score (nSPS) is 11.1. The minimum Gasteiger partial charge on any atom is -0.496 e. The fraction of sp³-hybridized carbons (Fsp3) is 0.238. The lowest BCUT2D eigenvalue weighted by Crippen LogP contribution is -2.21. The van der Waals surface area contributed by atoms with Crippen LogP contribution in [0.2, 0.25) is 0 Å². The monoisotopic (exact) mass is 379 g/mol. The first-order valence-electron chi connectivity index (χ1n) is 8.91. The summed E-state index contributed by atoms with van der Waals surface area (Å²) in [7, 11) is 4.80. The van der Waals surface area contributed by atoms with Crippen LogP contribution in [0.4, 0.5) is 0 Å². The van der Waals surface area contributed by atoms with Gasteiger partial charge in [0, 0.05) is 18.0 Å². The molecule has 144 valence electrons. The molecule has 2 heterocycles. The van der Waals surface area contributed by atoms with Gasteiger partial charge in [0.05, 0.1) is 33.2 Å². The van der Waals surface area contributed by atoms with Gasteiger partial charge in [-0.25, -0.2) is 4.98 Å². The highest BCUT2D eigenvalue weighted by atomic mass is 16.5. The van der Waals surface area contributed by atoms with Crippen LogP contribution in [-0.4, -0.2) is 35.9 Å². The van der Waals surface area contributed by atoms with Gasteiger partial charge in [-0.05, 0) is 24.1 Å². The largest absolute Gasteiger partial charge is 0.496 e. The molecule has 0 aliphatic heterocycles. The molecule has 7 heteroatoms. The van der Waals surface area contributed by atoms with Crippen molar-refractivity contribution in [3.8, 4) is 17.2 Å². The summed E-state index contributed by atoms with van der Waals surface area (Å²) in [6.45, 7) is 0.504. The smallest absolute Gasteiger partial charge is 0.277 e. The molecule has 2 aromatic carbocycles. The summed E-state index contributed by atoms with van der Waals surface area (Å²) in [4.78, 5) is 20.7. The molecule has 0 amide bonds. The van der Waals surface area contributed by atoms with Gasteiger partial charge in [0.1, 0.15) is 16.8 Å². The summed E-state index contributed by atoms with van der Waals surface area (Å²) in [6, 6.07) is 11.4. The fourth-order valence-corrected chi connectivity index (χ4v) is 3.43. The van der Waals surface area contributed by atoms with E-state index >= 15 is 0 Å². The Morgan fingerprint density at radius 3 is 2.46 bits per heavy atom. The highest BCUT2D eigenvalue weighted by molar-refractivity contribution is 6.05. The summed E-state index contributed by atoms with van der Waals surface area (Å²) >= 11 is 0. The van der Waals surface area contributed by atoms with E-state index in [4.69, 9.17) is 14.2 Å². The number of fused-ring (bicyclic) bond motifs is 3. The summed E-state index contributed by atoms with van der Waals surface area (Å²) in [6.07, 6.45) is 2.25. The van der Waals surface area contributed by atoms with Gasteiger partial charge in [0.2, 0.25) is 0 Å². The third kappa shape index (κ3) is 2.94. The third-order valence-electron chi connectivity index (χ3n) is 4.89. The quantitative estimate of drug-likeness (QED) is 0.557. The number of benzene rings is 2. The molecule has 7 nitrogen and oxygen atoms in total. The number of aryl methyl sites for hydroxylation is 2. The zero-order chi connectivity index (χ0) is 19.7. The predicted octanol–water partition coefficient (Wildman–Crippen LogP) is 3.15. The van der Waals surface area contributed by atoms with Crippen molar-refractivity contribution >= 4 is 21.9 Å². The van der Waals surface area contributed by atoms with Crippen molar-refractivity contribution in [1.29, 1.82) is 0 Å². The second kappa shape index (κ2) is 7.26. The Balaban J connectivity index is 1.74. The minimum absolute atomic E-state index is 0.117. The molecule has 1 N–H and O–H groups in total. The number of hydrogen-bond donors (Lipinski definition) is 1. The molecular formula is C21H21N3O4. The van der Waals surface area contributed by atoms with Gasteiger partial charge in [-0.1, -0.05) is 18.2 Å². The maximum absolute atomic E-state index is 13.0. The van der Waals surface area contributed by atoms with Crippen molar-refractivity contribution < 1.29 is 14.2 Å². The number of nitrogens with one attached hydrogen (secondary N) is 1. The first-order valence-corrected chi connectivity index (χ1v) is 8.91.